The van der Waals surface area contributed by atoms with Gasteiger partial charge in [0.15, 0.2) is 0 Å². The lowest BCUT2D eigenvalue weighted by molar-refractivity contribution is 0.0601. The Morgan fingerprint density at radius 1 is 1.29 bits per heavy atom. The molecule has 1 aliphatic rings. The number of phenols is 1. The summed E-state index contributed by atoms with van der Waals surface area (Å²) >= 11 is 0. The van der Waals surface area contributed by atoms with Crippen molar-refractivity contribution in [2.75, 3.05) is 6.54 Å². The second kappa shape index (κ2) is 7.07. The summed E-state index contributed by atoms with van der Waals surface area (Å²) in [5, 5.41) is 13.7. The summed E-state index contributed by atoms with van der Waals surface area (Å²) in [6.07, 6.45) is 7.00. The molecule has 0 aliphatic carbocycles. The molecule has 1 fully saturated rings. The van der Waals surface area contributed by atoms with Crippen LogP contribution in [0.3, 0.4) is 0 Å². The number of carbonyl (C=O) groups excluding carboxylic acids is 1. The molecule has 1 N–H and O–H groups in total. The van der Waals surface area contributed by atoms with E-state index in [0.29, 0.717) is 11.3 Å². The Labute approximate surface area is 142 Å². The number of benzene rings is 1. The molecule has 1 atom stereocenters. The predicted octanol–water partition coefficient (Wildman–Crippen LogP) is 3.06. The molecular formula is C19H25N3O2. The van der Waals surface area contributed by atoms with Gasteiger partial charge in [-0.1, -0.05) is 12.1 Å². The highest BCUT2D eigenvalue weighted by Gasteiger charge is 2.28. The van der Waals surface area contributed by atoms with Crippen molar-refractivity contribution in [2.24, 2.45) is 7.05 Å². The number of rotatable bonds is 4. The normalized spacial score (nSPS) is 17.9. The fourth-order valence-electron chi connectivity index (χ4n) is 3.53. The minimum Gasteiger partial charge on any atom is -0.508 e. The first-order valence-corrected chi connectivity index (χ1v) is 8.63. The van der Waals surface area contributed by atoms with Crippen LogP contribution in [-0.2, 0) is 13.5 Å². The molecule has 1 aliphatic heterocycles. The van der Waals surface area contributed by atoms with Gasteiger partial charge in [-0.25, -0.2) is 0 Å². The van der Waals surface area contributed by atoms with Gasteiger partial charge in [-0.3, -0.25) is 9.48 Å². The summed E-state index contributed by atoms with van der Waals surface area (Å²) in [5.74, 6) is 0.399. The summed E-state index contributed by atoms with van der Waals surface area (Å²) in [4.78, 5) is 15.0. The molecule has 0 bridgehead atoms. The van der Waals surface area contributed by atoms with Crippen molar-refractivity contribution in [3.8, 4) is 5.75 Å². The number of likely N-dealkylation sites (tertiary alicyclic amines) is 1. The molecule has 5 heteroatoms. The third kappa shape index (κ3) is 3.61. The van der Waals surface area contributed by atoms with Gasteiger partial charge in [0.2, 0.25) is 0 Å². The van der Waals surface area contributed by atoms with Crippen LogP contribution in [0.1, 0.15) is 47.3 Å². The molecule has 1 unspecified atom stereocenters. The van der Waals surface area contributed by atoms with E-state index in [0.717, 1.165) is 37.9 Å². The molecule has 5 nitrogen and oxygen atoms in total. The van der Waals surface area contributed by atoms with Crippen molar-refractivity contribution in [2.45, 2.75) is 45.1 Å². The van der Waals surface area contributed by atoms with Crippen LogP contribution in [-0.4, -0.2) is 38.3 Å². The SMILES string of the molecule is Cc1nn(C)cc1C(=O)N1CCCCC1CCc1ccc(O)cc1. The number of aromatic hydroxyl groups is 1. The summed E-state index contributed by atoms with van der Waals surface area (Å²) in [6.45, 7) is 2.72. The summed E-state index contributed by atoms with van der Waals surface area (Å²) in [5.41, 5.74) is 2.71. The number of phenolic OH excluding ortho intramolecular Hbond substituents is 1. The molecule has 1 amide bonds. The highest BCUT2D eigenvalue weighted by atomic mass is 16.3. The number of aryl methyl sites for hydroxylation is 3. The lowest BCUT2D eigenvalue weighted by atomic mass is 9.95. The lowest BCUT2D eigenvalue weighted by Gasteiger charge is -2.36. The van der Waals surface area contributed by atoms with E-state index in [1.165, 1.54) is 12.0 Å². The maximum absolute atomic E-state index is 12.9. The quantitative estimate of drug-likeness (QED) is 0.939. The average molecular weight is 327 g/mol. The number of hydrogen-bond acceptors (Lipinski definition) is 3. The molecule has 0 spiro atoms. The summed E-state index contributed by atoms with van der Waals surface area (Å²) < 4.78 is 1.71. The third-order valence-electron chi connectivity index (χ3n) is 4.83. The van der Waals surface area contributed by atoms with Gasteiger partial charge in [0.05, 0.1) is 11.3 Å². The molecule has 1 aromatic carbocycles. The van der Waals surface area contributed by atoms with E-state index < -0.39 is 0 Å². The minimum absolute atomic E-state index is 0.107. The van der Waals surface area contributed by atoms with Gasteiger partial charge >= 0.3 is 0 Å². The summed E-state index contributed by atoms with van der Waals surface area (Å²) in [6, 6.07) is 7.63. The highest BCUT2D eigenvalue weighted by molar-refractivity contribution is 5.95. The first-order valence-electron chi connectivity index (χ1n) is 8.63. The van der Waals surface area contributed by atoms with Gasteiger partial charge in [0.25, 0.3) is 5.91 Å². The predicted molar refractivity (Wildman–Crippen MR) is 93.0 cm³/mol. The van der Waals surface area contributed by atoms with Gasteiger partial charge in [-0.2, -0.15) is 5.10 Å². The standard InChI is InChI=1S/C19H25N3O2/c1-14-18(13-21(2)20-14)19(24)22-12-4-3-5-16(22)9-6-15-7-10-17(23)11-8-15/h7-8,10-11,13,16,23H,3-6,9,12H2,1-2H3. The second-order valence-electron chi connectivity index (χ2n) is 6.66. The molecule has 128 valence electrons. The molecule has 1 aromatic heterocycles. The monoisotopic (exact) mass is 327 g/mol. The van der Waals surface area contributed by atoms with Gasteiger partial charge in [0.1, 0.15) is 5.75 Å². The van der Waals surface area contributed by atoms with Crippen LogP contribution in [0.2, 0.25) is 0 Å². The van der Waals surface area contributed by atoms with Gasteiger partial charge in [0, 0.05) is 25.8 Å². The number of aromatic nitrogens is 2. The van der Waals surface area contributed by atoms with E-state index in [-0.39, 0.29) is 11.9 Å². The van der Waals surface area contributed by atoms with Crippen molar-refractivity contribution in [1.82, 2.24) is 14.7 Å². The maximum atomic E-state index is 12.9. The van der Waals surface area contributed by atoms with E-state index in [4.69, 9.17) is 0 Å². The van der Waals surface area contributed by atoms with Crippen LogP contribution in [0.25, 0.3) is 0 Å². The average Bonchev–Trinajstić information content (AvgIpc) is 2.92. The van der Waals surface area contributed by atoms with Crippen LogP contribution in [0.4, 0.5) is 0 Å². The zero-order valence-electron chi connectivity index (χ0n) is 14.4. The van der Waals surface area contributed by atoms with E-state index >= 15 is 0 Å². The van der Waals surface area contributed by atoms with Crippen molar-refractivity contribution in [3.63, 3.8) is 0 Å². The smallest absolute Gasteiger partial charge is 0.257 e. The molecule has 24 heavy (non-hydrogen) atoms. The topological polar surface area (TPSA) is 58.4 Å². The zero-order valence-corrected chi connectivity index (χ0v) is 14.4. The van der Waals surface area contributed by atoms with E-state index in [1.807, 2.05) is 37.2 Å². The van der Waals surface area contributed by atoms with Crippen LogP contribution < -0.4 is 0 Å². The molecular weight excluding hydrogens is 302 g/mol. The molecule has 2 aromatic rings. The maximum Gasteiger partial charge on any atom is 0.257 e. The van der Waals surface area contributed by atoms with E-state index in [1.54, 1.807) is 16.8 Å². The second-order valence-corrected chi connectivity index (χ2v) is 6.66. The number of carbonyl (C=O) groups is 1. The Morgan fingerprint density at radius 2 is 2.04 bits per heavy atom. The van der Waals surface area contributed by atoms with Crippen LogP contribution in [0, 0.1) is 6.92 Å². The summed E-state index contributed by atoms with van der Waals surface area (Å²) in [7, 11) is 1.85. The fourth-order valence-corrected chi connectivity index (χ4v) is 3.53. The number of hydrogen-bond donors (Lipinski definition) is 1. The zero-order chi connectivity index (χ0) is 17.1. The van der Waals surface area contributed by atoms with Crippen molar-refractivity contribution in [3.05, 3.63) is 47.3 Å². The highest BCUT2D eigenvalue weighted by Crippen LogP contribution is 2.24. The Morgan fingerprint density at radius 3 is 2.71 bits per heavy atom. The first kappa shape index (κ1) is 16.6. The minimum atomic E-state index is 0.107. The number of piperidine rings is 1. The van der Waals surface area contributed by atoms with Crippen LogP contribution in [0.5, 0.6) is 5.75 Å². The molecule has 0 radical (unpaired) electrons. The Hall–Kier alpha value is -2.30. The molecule has 0 saturated carbocycles. The number of nitrogens with zero attached hydrogens (tertiary/aromatic N) is 3. The van der Waals surface area contributed by atoms with Crippen molar-refractivity contribution in [1.29, 1.82) is 0 Å². The first-order chi connectivity index (χ1) is 11.5. The van der Waals surface area contributed by atoms with Crippen molar-refractivity contribution >= 4 is 5.91 Å². The Balaban J connectivity index is 1.70. The molecule has 2 heterocycles. The van der Waals surface area contributed by atoms with Crippen molar-refractivity contribution < 1.29 is 9.90 Å². The largest absolute Gasteiger partial charge is 0.508 e. The van der Waals surface area contributed by atoms with Gasteiger partial charge < -0.3 is 10.0 Å². The van der Waals surface area contributed by atoms with E-state index in [2.05, 4.69) is 5.10 Å². The van der Waals surface area contributed by atoms with Gasteiger partial charge in [-0.05, 0) is 56.7 Å². The Kier molecular flexibility index (Phi) is 4.88. The number of amides is 1. The Bertz CT molecular complexity index is 706. The third-order valence-corrected chi connectivity index (χ3v) is 4.83. The van der Waals surface area contributed by atoms with Gasteiger partial charge in [-0.15, -0.1) is 0 Å². The van der Waals surface area contributed by atoms with Crippen LogP contribution in [0.15, 0.2) is 30.5 Å². The lowest BCUT2D eigenvalue weighted by Crippen LogP contribution is -2.44. The van der Waals surface area contributed by atoms with Crippen LogP contribution >= 0.6 is 0 Å². The molecule has 3 rings (SSSR count). The van der Waals surface area contributed by atoms with E-state index in [9.17, 15) is 9.90 Å². The molecule has 1 saturated heterocycles. The fraction of sp³-hybridized carbons (Fsp3) is 0.474.